The molecule has 3 aliphatic rings. The molecule has 0 radical (unpaired) electrons. The van der Waals surface area contributed by atoms with E-state index in [0.717, 1.165) is 18.5 Å². The van der Waals surface area contributed by atoms with E-state index in [1.165, 1.54) is 24.2 Å². The highest BCUT2D eigenvalue weighted by molar-refractivity contribution is 8.00. The van der Waals surface area contributed by atoms with Crippen molar-refractivity contribution < 1.29 is 52.7 Å². The van der Waals surface area contributed by atoms with Gasteiger partial charge in [0.2, 0.25) is 0 Å². The summed E-state index contributed by atoms with van der Waals surface area (Å²) in [6.45, 7) is 15.0. The van der Waals surface area contributed by atoms with Crippen LogP contribution in [0.1, 0.15) is 93.1 Å². The summed E-state index contributed by atoms with van der Waals surface area (Å²) in [7, 11) is 7.19. The lowest BCUT2D eigenvalue weighted by Crippen LogP contribution is -2.53. The van der Waals surface area contributed by atoms with Gasteiger partial charge in [0.1, 0.15) is 28.8 Å². The third-order valence-corrected chi connectivity index (χ3v) is 14.8. The number of ether oxygens (including phenoxy) is 6. The number of nitrogens with one attached hydrogen (secondary N) is 1. The molecule has 0 amide bonds. The fraction of sp³-hybridized carbons (Fsp3) is 0.681. The van der Waals surface area contributed by atoms with E-state index >= 15 is 0 Å². The van der Waals surface area contributed by atoms with Gasteiger partial charge in [-0.1, -0.05) is 50.9 Å². The Labute approximate surface area is 393 Å². The molecule has 358 valence electrons. The molecule has 3 saturated heterocycles. The zero-order chi connectivity index (χ0) is 47.7. The number of aliphatic hydroxyl groups excluding tert-OH is 1. The molecule has 1 aromatic heterocycles. The topological polar surface area (TPSA) is 172 Å². The highest BCUT2D eigenvalue weighted by Gasteiger charge is 2.61. The molecule has 8 unspecified atom stereocenters. The van der Waals surface area contributed by atoms with Crippen LogP contribution >= 0.6 is 35.0 Å². The van der Waals surface area contributed by atoms with Crippen molar-refractivity contribution in [3.8, 4) is 11.5 Å². The molecule has 0 aliphatic carbocycles. The van der Waals surface area contributed by atoms with Crippen LogP contribution in [0.15, 0.2) is 30.6 Å². The van der Waals surface area contributed by atoms with Gasteiger partial charge in [-0.3, -0.25) is 24.2 Å². The number of methoxy groups -OCH3 is 2. The second kappa shape index (κ2) is 23.5. The summed E-state index contributed by atoms with van der Waals surface area (Å²) in [6, 6.07) is 5.89. The molecule has 3 fully saturated rings. The van der Waals surface area contributed by atoms with E-state index in [2.05, 4.69) is 15.2 Å². The number of benzene rings is 1. The standard InChI is InChI=1S/C39H52Cl2N2O9S.C8H17NO2/c1-10-31-39(7)32(23(4)33(44)21(2)16-38(6,49-9)17-22(3)34(45)24(5)36(46)51-31)35(37(47)52-39)53-14-13-50-30-15-25(11-12-29(30)48-8)43-18-26-27(40)19-42-20-28(26)41;1-6-4-7(9(2)3)5-8(10)11-6/h11-12,15,19-24,31-32,35,43H,10,13-14,16-18H2,1-9H3;6-8,10H,4-5H2,1-3H3/t21-,22-,23?,24?,31-,32?,35?,38?,39-;/m1./s1. The lowest BCUT2D eigenvalue weighted by Gasteiger charge is -2.41. The number of halogens is 2. The van der Waals surface area contributed by atoms with Crippen molar-refractivity contribution in [3.05, 3.63) is 46.2 Å². The maximum absolute atomic E-state index is 14.2. The number of hydrogen-bond donors (Lipinski definition) is 2. The number of ketones is 2. The fourth-order valence-electron chi connectivity index (χ4n) is 9.30. The highest BCUT2D eigenvalue weighted by Crippen LogP contribution is 2.49. The quantitative estimate of drug-likeness (QED) is 0.119. The van der Waals surface area contributed by atoms with Crippen molar-refractivity contribution in [2.45, 2.75) is 135 Å². The van der Waals surface area contributed by atoms with Gasteiger partial charge in [0.25, 0.3) is 0 Å². The minimum absolute atomic E-state index is 0.0568. The van der Waals surface area contributed by atoms with Crippen molar-refractivity contribution in [1.29, 1.82) is 0 Å². The average Bonchev–Trinajstić information content (AvgIpc) is 3.50. The highest BCUT2D eigenvalue weighted by atomic mass is 35.5. The van der Waals surface area contributed by atoms with Gasteiger partial charge in [-0.15, -0.1) is 11.8 Å². The van der Waals surface area contributed by atoms with Crippen molar-refractivity contribution >= 4 is 64.2 Å². The van der Waals surface area contributed by atoms with Crippen LogP contribution in [-0.2, 0) is 44.7 Å². The normalized spacial score (nSPS) is 32.7. The van der Waals surface area contributed by atoms with Crippen LogP contribution < -0.4 is 14.8 Å². The molecular formula is C47H69Cl2N3O11S. The van der Waals surface area contributed by atoms with Crippen LogP contribution in [0, 0.1) is 29.6 Å². The Kier molecular flexibility index (Phi) is 19.6. The molecule has 14 nitrogen and oxygen atoms in total. The van der Waals surface area contributed by atoms with E-state index < -0.39 is 70.4 Å². The number of carbonyl (C=O) groups excluding carboxylic acids is 4. The maximum Gasteiger partial charge on any atom is 0.320 e. The molecule has 5 rings (SSSR count). The smallest absolute Gasteiger partial charge is 0.320 e. The van der Waals surface area contributed by atoms with Gasteiger partial charge < -0.3 is 43.7 Å². The van der Waals surface area contributed by atoms with Gasteiger partial charge >= 0.3 is 11.9 Å². The Morgan fingerprint density at radius 3 is 2.16 bits per heavy atom. The third kappa shape index (κ3) is 13.3. The number of esters is 2. The molecule has 3 aliphatic heterocycles. The Balaban J connectivity index is 0.000000710. The SMILES string of the molecule is CC1CC(N(C)C)CC(O)O1.CC[C@H]1OC(=O)C(C)C(=O)[C@H](C)CC(C)(OC)C[C@@H](C)C(=O)C(C)C2C(SCCOc3cc(NCc4c(Cl)cncc4Cl)ccc3OC)C(=O)O[C@@]21C. The van der Waals surface area contributed by atoms with Crippen molar-refractivity contribution in [1.82, 2.24) is 9.88 Å². The lowest BCUT2D eigenvalue weighted by atomic mass is 9.70. The number of hydrogen-bond acceptors (Lipinski definition) is 15. The van der Waals surface area contributed by atoms with Gasteiger partial charge in [0, 0.05) is 85.3 Å². The number of cyclic esters (lactones) is 1. The van der Waals surface area contributed by atoms with E-state index in [4.69, 9.17) is 51.6 Å². The molecule has 0 saturated carbocycles. The second-order valence-corrected chi connectivity index (χ2v) is 20.1. The Morgan fingerprint density at radius 1 is 0.938 bits per heavy atom. The van der Waals surface area contributed by atoms with E-state index in [-0.39, 0.29) is 24.3 Å². The van der Waals surface area contributed by atoms with E-state index in [0.29, 0.717) is 64.7 Å². The van der Waals surface area contributed by atoms with Crippen LogP contribution in [0.4, 0.5) is 5.69 Å². The minimum atomic E-state index is -1.33. The third-order valence-electron chi connectivity index (χ3n) is 12.9. The molecule has 4 heterocycles. The minimum Gasteiger partial charge on any atom is -0.493 e. The predicted octanol–water partition coefficient (Wildman–Crippen LogP) is 8.06. The number of nitrogens with zero attached hydrogens (tertiary/aromatic N) is 2. The number of aliphatic hydroxyl groups is 1. The first-order valence-corrected chi connectivity index (χ1v) is 23.9. The van der Waals surface area contributed by atoms with Gasteiger partial charge in [-0.25, -0.2) is 0 Å². The number of pyridine rings is 1. The summed E-state index contributed by atoms with van der Waals surface area (Å²) in [4.78, 5) is 61.0. The van der Waals surface area contributed by atoms with E-state index in [1.807, 2.05) is 54.8 Å². The van der Waals surface area contributed by atoms with Crippen molar-refractivity contribution in [3.63, 3.8) is 0 Å². The second-order valence-electron chi connectivity index (χ2n) is 18.1. The number of Topliss-reactive ketones (excluding diaryl/α,β-unsaturated/α-hetero) is 2. The number of anilines is 1. The number of carbonyl (C=O) groups is 4. The molecule has 0 spiro atoms. The molecule has 2 N–H and O–H groups in total. The van der Waals surface area contributed by atoms with Gasteiger partial charge in [-0.05, 0) is 79.6 Å². The average molecular weight is 955 g/mol. The van der Waals surface area contributed by atoms with Crippen LogP contribution in [0.25, 0.3) is 0 Å². The zero-order valence-electron chi connectivity index (χ0n) is 39.4. The predicted molar refractivity (Wildman–Crippen MR) is 249 cm³/mol. The summed E-state index contributed by atoms with van der Waals surface area (Å²) < 4.78 is 34.9. The van der Waals surface area contributed by atoms with Crippen molar-refractivity contribution in [2.75, 3.05) is 46.0 Å². The van der Waals surface area contributed by atoms with Crippen LogP contribution in [0.2, 0.25) is 10.0 Å². The number of thioether (sulfide) groups is 1. The fourth-order valence-corrected chi connectivity index (χ4v) is 11.1. The van der Waals surface area contributed by atoms with Gasteiger partial charge in [-0.2, -0.15) is 0 Å². The first-order valence-electron chi connectivity index (χ1n) is 22.1. The zero-order valence-corrected chi connectivity index (χ0v) is 41.7. The largest absolute Gasteiger partial charge is 0.493 e. The molecule has 1 aromatic carbocycles. The van der Waals surface area contributed by atoms with Gasteiger partial charge in [0.15, 0.2) is 23.4 Å². The first-order chi connectivity index (χ1) is 30.1. The van der Waals surface area contributed by atoms with E-state index in [9.17, 15) is 24.3 Å². The summed E-state index contributed by atoms with van der Waals surface area (Å²) in [5, 5.41) is 12.7. The number of rotatable bonds is 12. The molecule has 2 aromatic rings. The molecule has 64 heavy (non-hydrogen) atoms. The lowest BCUT2D eigenvalue weighted by molar-refractivity contribution is -0.183. The Morgan fingerprint density at radius 2 is 1.58 bits per heavy atom. The summed E-state index contributed by atoms with van der Waals surface area (Å²) in [6.07, 6.45) is 4.56. The van der Waals surface area contributed by atoms with E-state index in [1.54, 1.807) is 47.1 Å². The summed E-state index contributed by atoms with van der Waals surface area (Å²) in [5.74, 6) is -3.41. The van der Waals surface area contributed by atoms with Crippen molar-refractivity contribution in [2.24, 2.45) is 29.6 Å². The Bertz CT molecular complexity index is 1900. The molecular weight excluding hydrogens is 885 g/mol. The molecule has 12 atom stereocenters. The maximum atomic E-state index is 14.2. The Hall–Kier alpha value is -3.18. The summed E-state index contributed by atoms with van der Waals surface area (Å²) in [5.41, 5.74) is -0.683. The number of aromatic nitrogens is 1. The molecule has 0 bridgehead atoms. The monoisotopic (exact) mass is 953 g/mol. The molecule has 17 heteroatoms. The number of fused-ring (bicyclic) bond motifs is 1. The van der Waals surface area contributed by atoms with Crippen LogP contribution in [0.5, 0.6) is 11.5 Å². The van der Waals surface area contributed by atoms with Gasteiger partial charge in [0.05, 0.1) is 35.5 Å². The van der Waals surface area contributed by atoms with Crippen LogP contribution in [-0.4, -0.2) is 120 Å². The first kappa shape index (κ1) is 53.4. The summed E-state index contributed by atoms with van der Waals surface area (Å²) >= 11 is 13.9. The van der Waals surface area contributed by atoms with Crippen LogP contribution in [0.3, 0.4) is 0 Å².